The average Bonchev–Trinajstić information content (AvgIpc) is 2.49. The molecule has 1 heterocycles. The molecule has 0 radical (unpaired) electrons. The molecule has 1 N–H and O–H groups in total. The lowest BCUT2D eigenvalue weighted by atomic mass is 9.86. The average molecular weight is 268 g/mol. The van der Waals surface area contributed by atoms with Crippen molar-refractivity contribution in [2.45, 2.75) is 38.6 Å². The van der Waals surface area contributed by atoms with Crippen LogP contribution < -0.4 is 5.32 Å². The fourth-order valence-electron chi connectivity index (χ4n) is 3.01. The number of nitrogens with one attached hydrogen (secondary N) is 1. The molecule has 1 aliphatic rings. The predicted octanol–water partition coefficient (Wildman–Crippen LogP) is 3.54. The largest absolute Gasteiger partial charge is 0.349 e. The molecular weight excluding hydrogens is 248 g/mol. The summed E-state index contributed by atoms with van der Waals surface area (Å²) < 4.78 is 0. The van der Waals surface area contributed by atoms with Gasteiger partial charge in [-0.15, -0.1) is 0 Å². The second-order valence-corrected chi connectivity index (χ2v) is 5.78. The van der Waals surface area contributed by atoms with E-state index in [1.165, 1.54) is 19.3 Å². The Labute approximate surface area is 119 Å². The first-order chi connectivity index (χ1) is 9.74. The summed E-state index contributed by atoms with van der Waals surface area (Å²) in [7, 11) is 0. The number of pyridine rings is 1. The lowest BCUT2D eigenvalue weighted by Crippen LogP contribution is -2.41. The van der Waals surface area contributed by atoms with E-state index in [2.05, 4.69) is 17.2 Å². The topological polar surface area (TPSA) is 42.0 Å². The standard InChI is InChI=1S/C17H20N2O/c1-12-4-2-3-5-16(12)19-17(20)14-6-7-15-11-18-9-8-13(15)10-14/h6-12,16H,2-5H2,1H3,(H,19,20). The first-order valence-electron chi connectivity index (χ1n) is 7.39. The van der Waals surface area contributed by atoms with E-state index in [4.69, 9.17) is 0 Å². The normalized spacial score (nSPS) is 22.6. The van der Waals surface area contributed by atoms with Gasteiger partial charge in [0.25, 0.3) is 5.91 Å². The van der Waals surface area contributed by atoms with Crippen molar-refractivity contribution in [3.8, 4) is 0 Å². The van der Waals surface area contributed by atoms with Gasteiger partial charge >= 0.3 is 0 Å². The number of hydrogen-bond donors (Lipinski definition) is 1. The van der Waals surface area contributed by atoms with Gasteiger partial charge in [0, 0.05) is 29.4 Å². The van der Waals surface area contributed by atoms with Crippen LogP contribution in [0.2, 0.25) is 0 Å². The smallest absolute Gasteiger partial charge is 0.251 e. The molecule has 1 aromatic carbocycles. The van der Waals surface area contributed by atoms with Gasteiger partial charge in [-0.05, 0) is 42.3 Å². The third-order valence-corrected chi connectivity index (χ3v) is 4.33. The number of hydrogen-bond acceptors (Lipinski definition) is 2. The first-order valence-corrected chi connectivity index (χ1v) is 7.39. The number of aromatic nitrogens is 1. The molecule has 3 heteroatoms. The van der Waals surface area contributed by atoms with Crippen LogP contribution in [0.4, 0.5) is 0 Å². The van der Waals surface area contributed by atoms with Crippen LogP contribution in [-0.4, -0.2) is 16.9 Å². The van der Waals surface area contributed by atoms with Crippen molar-refractivity contribution in [3.63, 3.8) is 0 Å². The minimum absolute atomic E-state index is 0.0439. The van der Waals surface area contributed by atoms with Crippen molar-refractivity contribution in [1.29, 1.82) is 0 Å². The Hall–Kier alpha value is -1.90. The van der Waals surface area contributed by atoms with E-state index in [0.29, 0.717) is 12.0 Å². The van der Waals surface area contributed by atoms with Gasteiger partial charge in [-0.2, -0.15) is 0 Å². The van der Waals surface area contributed by atoms with Crippen molar-refractivity contribution >= 4 is 16.7 Å². The quantitative estimate of drug-likeness (QED) is 0.905. The monoisotopic (exact) mass is 268 g/mol. The van der Waals surface area contributed by atoms with Crippen LogP contribution >= 0.6 is 0 Å². The number of carbonyl (C=O) groups excluding carboxylic acids is 1. The molecule has 104 valence electrons. The zero-order chi connectivity index (χ0) is 13.9. The lowest BCUT2D eigenvalue weighted by Gasteiger charge is -2.29. The summed E-state index contributed by atoms with van der Waals surface area (Å²) in [6.07, 6.45) is 8.40. The summed E-state index contributed by atoms with van der Waals surface area (Å²) in [6.45, 7) is 2.23. The van der Waals surface area contributed by atoms with Crippen LogP contribution in [0.1, 0.15) is 43.0 Å². The molecule has 1 aromatic heterocycles. The van der Waals surface area contributed by atoms with Crippen molar-refractivity contribution in [2.75, 3.05) is 0 Å². The van der Waals surface area contributed by atoms with Gasteiger partial charge < -0.3 is 5.32 Å². The van der Waals surface area contributed by atoms with E-state index in [0.717, 1.165) is 22.8 Å². The first kappa shape index (κ1) is 13.1. The van der Waals surface area contributed by atoms with Crippen molar-refractivity contribution in [2.24, 2.45) is 5.92 Å². The molecule has 0 aliphatic heterocycles. The van der Waals surface area contributed by atoms with E-state index in [1.54, 1.807) is 6.20 Å². The summed E-state index contributed by atoms with van der Waals surface area (Å²) in [5.74, 6) is 0.625. The zero-order valence-corrected chi connectivity index (χ0v) is 11.8. The van der Waals surface area contributed by atoms with Gasteiger partial charge in [-0.1, -0.05) is 25.8 Å². The van der Waals surface area contributed by atoms with E-state index in [1.807, 2.05) is 30.5 Å². The Kier molecular flexibility index (Phi) is 3.68. The minimum Gasteiger partial charge on any atom is -0.349 e. The molecule has 1 amide bonds. The van der Waals surface area contributed by atoms with E-state index in [-0.39, 0.29) is 5.91 Å². The van der Waals surface area contributed by atoms with Gasteiger partial charge in [-0.3, -0.25) is 9.78 Å². The molecule has 20 heavy (non-hydrogen) atoms. The number of carbonyl (C=O) groups is 1. The molecule has 3 rings (SSSR count). The molecular formula is C17H20N2O. The molecule has 0 saturated heterocycles. The van der Waals surface area contributed by atoms with E-state index < -0.39 is 0 Å². The highest BCUT2D eigenvalue weighted by Crippen LogP contribution is 2.24. The number of rotatable bonds is 2. The number of nitrogens with zero attached hydrogens (tertiary/aromatic N) is 1. The van der Waals surface area contributed by atoms with Crippen molar-refractivity contribution < 1.29 is 4.79 Å². The SMILES string of the molecule is CC1CCCCC1NC(=O)c1ccc2cnccc2c1. The predicted molar refractivity (Wildman–Crippen MR) is 80.6 cm³/mol. The highest BCUT2D eigenvalue weighted by molar-refractivity contribution is 5.98. The highest BCUT2D eigenvalue weighted by Gasteiger charge is 2.23. The van der Waals surface area contributed by atoms with Crippen LogP contribution in [0.5, 0.6) is 0 Å². The molecule has 0 spiro atoms. The maximum absolute atomic E-state index is 12.4. The minimum atomic E-state index is 0.0439. The van der Waals surface area contributed by atoms with E-state index in [9.17, 15) is 4.79 Å². The van der Waals surface area contributed by atoms with Crippen molar-refractivity contribution in [1.82, 2.24) is 10.3 Å². The molecule has 1 aliphatic carbocycles. The Morgan fingerprint density at radius 3 is 2.90 bits per heavy atom. The summed E-state index contributed by atoms with van der Waals surface area (Å²) >= 11 is 0. The van der Waals surface area contributed by atoms with Gasteiger partial charge in [0.05, 0.1) is 0 Å². The van der Waals surface area contributed by atoms with Crippen LogP contribution in [0.3, 0.4) is 0 Å². The molecule has 2 aromatic rings. The maximum Gasteiger partial charge on any atom is 0.251 e. The van der Waals surface area contributed by atoms with Gasteiger partial charge in [-0.25, -0.2) is 0 Å². The van der Waals surface area contributed by atoms with Crippen LogP contribution in [0, 0.1) is 5.92 Å². The Morgan fingerprint density at radius 1 is 1.20 bits per heavy atom. The molecule has 1 saturated carbocycles. The molecule has 2 unspecified atom stereocenters. The van der Waals surface area contributed by atoms with Crippen molar-refractivity contribution in [3.05, 3.63) is 42.2 Å². The summed E-state index contributed by atoms with van der Waals surface area (Å²) in [4.78, 5) is 16.5. The molecule has 1 fully saturated rings. The fraction of sp³-hybridized carbons (Fsp3) is 0.412. The highest BCUT2D eigenvalue weighted by atomic mass is 16.1. The summed E-state index contributed by atoms with van der Waals surface area (Å²) in [5, 5.41) is 5.32. The van der Waals surface area contributed by atoms with Gasteiger partial charge in [0.1, 0.15) is 0 Å². The number of amides is 1. The second kappa shape index (κ2) is 5.61. The molecule has 0 bridgehead atoms. The fourth-order valence-corrected chi connectivity index (χ4v) is 3.01. The lowest BCUT2D eigenvalue weighted by molar-refractivity contribution is 0.0910. The summed E-state index contributed by atoms with van der Waals surface area (Å²) in [6, 6.07) is 8.05. The van der Waals surface area contributed by atoms with Crippen LogP contribution in [0.15, 0.2) is 36.7 Å². The Morgan fingerprint density at radius 2 is 2.05 bits per heavy atom. The van der Waals surface area contributed by atoms with Gasteiger partial charge in [0.2, 0.25) is 0 Å². The van der Waals surface area contributed by atoms with Crippen LogP contribution in [-0.2, 0) is 0 Å². The Bertz CT molecular complexity index is 623. The second-order valence-electron chi connectivity index (χ2n) is 5.78. The number of benzene rings is 1. The Balaban J connectivity index is 1.78. The number of fused-ring (bicyclic) bond motifs is 1. The van der Waals surface area contributed by atoms with E-state index >= 15 is 0 Å². The molecule has 2 atom stereocenters. The maximum atomic E-state index is 12.4. The zero-order valence-electron chi connectivity index (χ0n) is 11.8. The molecule has 3 nitrogen and oxygen atoms in total. The summed E-state index contributed by atoms with van der Waals surface area (Å²) in [5.41, 5.74) is 0.737. The third kappa shape index (κ3) is 2.67. The van der Waals surface area contributed by atoms with Gasteiger partial charge in [0.15, 0.2) is 0 Å². The third-order valence-electron chi connectivity index (χ3n) is 4.33. The van der Waals surface area contributed by atoms with Crippen LogP contribution in [0.25, 0.3) is 10.8 Å².